The molecule has 3 N–H and O–H groups in total. The van der Waals surface area contributed by atoms with Gasteiger partial charge in [-0.1, -0.05) is 75.5 Å². The van der Waals surface area contributed by atoms with E-state index < -0.39 is 0 Å². The standard InChI is InChI=1S/C37H53N3OS.CH3NO/c1-7-23-40(27-21-29(3)33-17-19-35(41-6)20-18-33)37(42)34-15-13-30(4)36(28-34)32(8-2)16-14-31(5)38-22-12-26-39-24-10-9-11-25-39;2-1-3/h8,13-20,28-29,38H,5,7,9-12,21-27H2,1-4,6H3;1H,(H2,2,3)/b16-14-,32-8+;. The number of methoxy groups -OCH3 is 1. The molecule has 0 saturated carbocycles. The number of benzene rings is 2. The molecule has 1 unspecified atom stereocenters. The SMILES string of the molecule is C=C(/C=C\C(=C/C)c1cc(C(=S)N(CCC)CCC(C)c2ccc(OC)cc2)ccc1C)NCCCN1CCCCC1.NC=O. The first-order valence-electron chi connectivity index (χ1n) is 16.5. The average molecular weight is 633 g/mol. The van der Waals surface area contributed by atoms with Crippen LogP contribution in [0.3, 0.4) is 0 Å². The first-order valence-corrected chi connectivity index (χ1v) is 16.9. The maximum absolute atomic E-state index is 8.58. The fraction of sp³-hybridized carbons (Fsp3) is 0.474. The Balaban J connectivity index is 0.00000226. The molecule has 45 heavy (non-hydrogen) atoms. The second-order valence-corrected chi connectivity index (χ2v) is 12.1. The van der Waals surface area contributed by atoms with Crippen molar-refractivity contribution in [3.63, 3.8) is 0 Å². The second-order valence-electron chi connectivity index (χ2n) is 11.7. The molecule has 1 saturated heterocycles. The Bertz CT molecular complexity index is 1250. The van der Waals surface area contributed by atoms with Crippen molar-refractivity contribution in [3.05, 3.63) is 95.2 Å². The topological polar surface area (TPSA) is 70.8 Å². The van der Waals surface area contributed by atoms with Crippen LogP contribution in [0.25, 0.3) is 5.57 Å². The third-order valence-electron chi connectivity index (χ3n) is 8.32. The van der Waals surface area contributed by atoms with E-state index in [0.717, 1.165) is 60.9 Å². The predicted molar refractivity (Wildman–Crippen MR) is 196 cm³/mol. The summed E-state index contributed by atoms with van der Waals surface area (Å²) in [5.74, 6) is 1.34. The summed E-state index contributed by atoms with van der Waals surface area (Å²) in [6.45, 7) is 19.6. The van der Waals surface area contributed by atoms with Crippen LogP contribution in [-0.4, -0.2) is 67.6 Å². The van der Waals surface area contributed by atoms with Gasteiger partial charge in [-0.2, -0.15) is 0 Å². The molecule has 246 valence electrons. The molecule has 0 bridgehead atoms. The van der Waals surface area contributed by atoms with Crippen molar-refractivity contribution >= 4 is 29.2 Å². The number of thiocarbonyl (C=S) groups is 1. The minimum atomic E-state index is 0.250. The molecule has 2 aromatic carbocycles. The molecule has 0 aromatic heterocycles. The molecule has 1 heterocycles. The van der Waals surface area contributed by atoms with Gasteiger partial charge in [-0.25, -0.2) is 0 Å². The van der Waals surface area contributed by atoms with E-state index in [1.54, 1.807) is 7.11 Å². The molecule has 1 amide bonds. The van der Waals surface area contributed by atoms with E-state index in [4.69, 9.17) is 21.7 Å². The fourth-order valence-electron chi connectivity index (χ4n) is 5.61. The van der Waals surface area contributed by atoms with Gasteiger partial charge in [0.25, 0.3) is 0 Å². The van der Waals surface area contributed by atoms with E-state index >= 15 is 0 Å². The van der Waals surface area contributed by atoms with Gasteiger partial charge in [-0.3, -0.25) is 4.79 Å². The van der Waals surface area contributed by atoms with Crippen molar-refractivity contribution in [2.45, 2.75) is 72.1 Å². The molecule has 0 spiro atoms. The summed E-state index contributed by atoms with van der Waals surface area (Å²) < 4.78 is 5.33. The highest BCUT2D eigenvalue weighted by Crippen LogP contribution is 2.25. The molecule has 1 aliphatic heterocycles. The third-order valence-corrected chi connectivity index (χ3v) is 8.81. The lowest BCUT2D eigenvalue weighted by Crippen LogP contribution is -2.32. The van der Waals surface area contributed by atoms with Crippen LogP contribution in [0.5, 0.6) is 5.75 Å². The lowest BCUT2D eigenvalue weighted by molar-refractivity contribution is -0.106. The van der Waals surface area contributed by atoms with E-state index in [1.807, 2.05) is 12.1 Å². The second kappa shape index (κ2) is 21.3. The normalized spacial score (nSPS) is 14.3. The molecule has 3 rings (SSSR count). The highest BCUT2D eigenvalue weighted by Gasteiger charge is 2.16. The molecular weight excluding hydrogens is 577 g/mol. The van der Waals surface area contributed by atoms with Crippen LogP contribution in [0, 0.1) is 6.92 Å². The molecule has 1 fully saturated rings. The molecule has 7 heteroatoms. The highest BCUT2D eigenvalue weighted by atomic mass is 32.1. The van der Waals surface area contributed by atoms with Crippen LogP contribution >= 0.6 is 12.2 Å². The number of carbonyl (C=O) groups is 1. The Morgan fingerprint density at radius 2 is 1.82 bits per heavy atom. The molecule has 0 radical (unpaired) electrons. The quantitative estimate of drug-likeness (QED) is 0.0859. The van der Waals surface area contributed by atoms with E-state index in [2.05, 4.69) is 104 Å². The Kier molecular flexibility index (Phi) is 17.9. The summed E-state index contributed by atoms with van der Waals surface area (Å²) in [5, 5.41) is 3.50. The molecular formula is C38H56N4O2S. The number of hydrogen-bond acceptors (Lipinski definition) is 5. The largest absolute Gasteiger partial charge is 0.497 e. The lowest BCUT2D eigenvalue weighted by atomic mass is 9.96. The molecule has 0 aliphatic carbocycles. The van der Waals surface area contributed by atoms with Gasteiger partial charge in [0, 0.05) is 30.9 Å². The summed E-state index contributed by atoms with van der Waals surface area (Å²) in [6.07, 6.45) is 14.0. The maximum Gasteiger partial charge on any atom is 0.204 e. The first kappa shape index (κ1) is 37.8. The van der Waals surface area contributed by atoms with Gasteiger partial charge in [0.15, 0.2) is 0 Å². The monoisotopic (exact) mass is 632 g/mol. The number of nitrogens with two attached hydrogens (primary N) is 1. The van der Waals surface area contributed by atoms with Crippen LogP contribution in [0.15, 0.2) is 73.0 Å². The number of carbonyl (C=O) groups excluding carboxylic acids is 1. The molecule has 1 atom stereocenters. The van der Waals surface area contributed by atoms with Gasteiger partial charge < -0.3 is 25.6 Å². The van der Waals surface area contributed by atoms with Crippen molar-refractivity contribution in [2.24, 2.45) is 5.73 Å². The van der Waals surface area contributed by atoms with Crippen molar-refractivity contribution < 1.29 is 9.53 Å². The maximum atomic E-state index is 8.58. The number of nitrogens with one attached hydrogen (secondary N) is 1. The summed E-state index contributed by atoms with van der Waals surface area (Å²) in [5.41, 5.74) is 11.2. The number of rotatable bonds is 16. The Morgan fingerprint density at radius 1 is 1.13 bits per heavy atom. The summed E-state index contributed by atoms with van der Waals surface area (Å²) >= 11 is 6.09. The number of ether oxygens (including phenoxy) is 1. The van der Waals surface area contributed by atoms with Gasteiger partial charge in [0.2, 0.25) is 6.41 Å². The van der Waals surface area contributed by atoms with Crippen molar-refractivity contribution in [1.82, 2.24) is 15.1 Å². The number of amides is 1. The van der Waals surface area contributed by atoms with Gasteiger partial charge in [0.1, 0.15) is 10.7 Å². The summed E-state index contributed by atoms with van der Waals surface area (Å²) in [6, 6.07) is 15.1. The van der Waals surface area contributed by atoms with Crippen molar-refractivity contribution in [3.8, 4) is 5.75 Å². The summed E-state index contributed by atoms with van der Waals surface area (Å²) in [4.78, 5) is 14.5. The fourth-order valence-corrected chi connectivity index (χ4v) is 5.92. The Hall–Kier alpha value is -3.42. The number of likely N-dealkylation sites (tertiary alicyclic amines) is 1. The predicted octanol–water partition coefficient (Wildman–Crippen LogP) is 7.63. The molecule has 2 aromatic rings. The van der Waals surface area contributed by atoms with Crippen LogP contribution < -0.4 is 15.8 Å². The zero-order valence-electron chi connectivity index (χ0n) is 28.3. The lowest BCUT2D eigenvalue weighted by Gasteiger charge is -2.27. The van der Waals surface area contributed by atoms with Crippen molar-refractivity contribution in [1.29, 1.82) is 0 Å². The van der Waals surface area contributed by atoms with Gasteiger partial charge in [-0.05, 0) is 118 Å². The van der Waals surface area contributed by atoms with Crippen LogP contribution in [0.4, 0.5) is 0 Å². The number of aryl methyl sites for hydroxylation is 1. The first-order chi connectivity index (χ1) is 21.8. The minimum Gasteiger partial charge on any atom is -0.497 e. The van der Waals surface area contributed by atoms with Gasteiger partial charge >= 0.3 is 0 Å². The van der Waals surface area contributed by atoms with E-state index in [-0.39, 0.29) is 6.41 Å². The Morgan fingerprint density at radius 3 is 2.44 bits per heavy atom. The van der Waals surface area contributed by atoms with E-state index in [0.29, 0.717) is 5.92 Å². The third kappa shape index (κ3) is 13.2. The smallest absolute Gasteiger partial charge is 0.204 e. The van der Waals surface area contributed by atoms with Crippen LogP contribution in [0.1, 0.15) is 87.5 Å². The van der Waals surface area contributed by atoms with Gasteiger partial charge in [0.05, 0.1) is 7.11 Å². The van der Waals surface area contributed by atoms with Crippen LogP contribution in [-0.2, 0) is 4.79 Å². The van der Waals surface area contributed by atoms with E-state index in [9.17, 15) is 0 Å². The highest BCUT2D eigenvalue weighted by molar-refractivity contribution is 7.80. The van der Waals surface area contributed by atoms with E-state index in [1.165, 1.54) is 61.2 Å². The average Bonchev–Trinajstić information content (AvgIpc) is 3.06. The van der Waals surface area contributed by atoms with Gasteiger partial charge in [-0.15, -0.1) is 0 Å². The molecule has 6 nitrogen and oxygen atoms in total. The number of hydrogen-bond donors (Lipinski definition) is 2. The zero-order valence-corrected chi connectivity index (χ0v) is 29.1. The molecule has 1 aliphatic rings. The minimum absolute atomic E-state index is 0.250. The number of primary amides is 1. The number of piperidine rings is 1. The Labute approximate surface area is 278 Å². The van der Waals surface area contributed by atoms with Crippen LogP contribution in [0.2, 0.25) is 0 Å². The van der Waals surface area contributed by atoms with Crippen molar-refractivity contribution in [2.75, 3.05) is 46.4 Å². The number of nitrogens with zero attached hydrogens (tertiary/aromatic N) is 2. The number of allylic oxidation sites excluding steroid dienone is 4. The summed E-state index contributed by atoms with van der Waals surface area (Å²) in [7, 11) is 1.71. The zero-order chi connectivity index (χ0) is 33.0.